The van der Waals surface area contributed by atoms with Gasteiger partial charge in [-0.05, 0) is 55.5 Å². The third kappa shape index (κ3) is 3.99. The Hall–Kier alpha value is -4.53. The number of anilines is 1. The van der Waals surface area contributed by atoms with Crippen LogP contribution in [-0.2, 0) is 11.3 Å². The molecule has 34 heavy (non-hydrogen) atoms. The number of benzene rings is 2. The number of carbonyl (C=O) groups excluding carboxylic acids is 2. The number of aromatic nitrogens is 2. The molecule has 0 fully saturated rings. The Bertz CT molecular complexity index is 1510. The van der Waals surface area contributed by atoms with Gasteiger partial charge in [0.25, 0.3) is 0 Å². The van der Waals surface area contributed by atoms with Crippen LogP contribution in [0.2, 0.25) is 0 Å². The van der Waals surface area contributed by atoms with Gasteiger partial charge in [-0.2, -0.15) is 0 Å². The molecule has 2 aromatic carbocycles. The van der Waals surface area contributed by atoms with Crippen molar-refractivity contribution in [2.45, 2.75) is 13.5 Å². The molecular weight excluding hydrogens is 441 g/mol. The highest BCUT2D eigenvalue weighted by molar-refractivity contribution is 6.10. The molecule has 1 amide bonds. The van der Waals surface area contributed by atoms with E-state index in [2.05, 4.69) is 10.3 Å². The molecule has 5 rings (SSSR count). The highest BCUT2D eigenvalue weighted by atomic mass is 19.1. The summed E-state index contributed by atoms with van der Waals surface area (Å²) in [4.78, 5) is 43.4. The number of nitrogens with one attached hydrogen (secondary N) is 1. The quantitative estimate of drug-likeness (QED) is 0.459. The van der Waals surface area contributed by atoms with Crippen LogP contribution in [0.15, 0.2) is 65.6 Å². The topological polar surface area (TPSA) is 99.5 Å². The molecule has 0 saturated heterocycles. The maximum absolute atomic E-state index is 13.3. The molecule has 0 atom stereocenters. The predicted octanol–water partition coefficient (Wildman–Crippen LogP) is 3.44. The molecule has 1 aliphatic rings. The Kier molecular flexibility index (Phi) is 5.29. The lowest BCUT2D eigenvalue weighted by Crippen LogP contribution is -2.25. The first-order valence-electron chi connectivity index (χ1n) is 10.4. The van der Waals surface area contributed by atoms with Gasteiger partial charge in [-0.15, -0.1) is 0 Å². The van der Waals surface area contributed by atoms with Gasteiger partial charge in [-0.3, -0.25) is 14.4 Å². The molecule has 4 aromatic rings. The Morgan fingerprint density at radius 2 is 1.82 bits per heavy atom. The van der Waals surface area contributed by atoms with Gasteiger partial charge >= 0.3 is 0 Å². The van der Waals surface area contributed by atoms with Gasteiger partial charge in [-0.1, -0.05) is 0 Å². The largest absolute Gasteiger partial charge is 0.454 e. The van der Waals surface area contributed by atoms with Gasteiger partial charge in [0, 0.05) is 29.2 Å². The normalized spacial score (nSPS) is 12.1. The number of rotatable bonds is 5. The Morgan fingerprint density at radius 3 is 2.62 bits per heavy atom. The van der Waals surface area contributed by atoms with E-state index in [-0.39, 0.29) is 35.5 Å². The molecule has 9 heteroatoms. The minimum atomic E-state index is -0.572. The average molecular weight is 459 g/mol. The zero-order valence-electron chi connectivity index (χ0n) is 18.0. The fourth-order valence-corrected chi connectivity index (χ4v) is 3.73. The third-order valence-corrected chi connectivity index (χ3v) is 5.38. The van der Waals surface area contributed by atoms with Crippen LogP contribution in [0.1, 0.15) is 21.6 Å². The number of pyridine rings is 2. The molecule has 0 spiro atoms. The summed E-state index contributed by atoms with van der Waals surface area (Å²) in [5.74, 6) is -0.346. The van der Waals surface area contributed by atoms with E-state index >= 15 is 0 Å². The van der Waals surface area contributed by atoms with Gasteiger partial charge < -0.3 is 19.4 Å². The lowest BCUT2D eigenvalue weighted by atomic mass is 10.0. The van der Waals surface area contributed by atoms with Crippen molar-refractivity contribution < 1.29 is 23.5 Å². The van der Waals surface area contributed by atoms with Crippen LogP contribution in [0.3, 0.4) is 0 Å². The summed E-state index contributed by atoms with van der Waals surface area (Å²) in [5.41, 5.74) is 0.946. The van der Waals surface area contributed by atoms with Crippen molar-refractivity contribution in [1.82, 2.24) is 9.55 Å². The second-order valence-electron chi connectivity index (χ2n) is 7.78. The third-order valence-electron chi connectivity index (χ3n) is 5.38. The van der Waals surface area contributed by atoms with Crippen molar-refractivity contribution in [2.75, 3.05) is 12.1 Å². The second-order valence-corrected chi connectivity index (χ2v) is 7.78. The standard InChI is InChI=1S/C25H18FN3O5/c1-14-2-8-18-24(32)19(23(31)15-3-5-16(26)6-4-15)11-29(25(18)27-14)12-22(30)28-17-7-9-20-21(10-17)34-13-33-20/h2-11H,12-13H2,1H3,(H,28,30). The summed E-state index contributed by atoms with van der Waals surface area (Å²) in [6.07, 6.45) is 1.32. The SMILES string of the molecule is Cc1ccc2c(=O)c(C(=O)c3ccc(F)cc3)cn(CC(=O)Nc3ccc4c(c3)OCO4)c2n1. The van der Waals surface area contributed by atoms with Gasteiger partial charge in [0.2, 0.25) is 18.1 Å². The number of halogens is 1. The van der Waals surface area contributed by atoms with Crippen molar-refractivity contribution in [3.63, 3.8) is 0 Å². The molecule has 0 unspecified atom stereocenters. The van der Waals surface area contributed by atoms with Crippen LogP contribution in [0.25, 0.3) is 11.0 Å². The van der Waals surface area contributed by atoms with Crippen LogP contribution < -0.4 is 20.2 Å². The Morgan fingerprint density at radius 1 is 1.06 bits per heavy atom. The van der Waals surface area contributed by atoms with Crippen LogP contribution >= 0.6 is 0 Å². The van der Waals surface area contributed by atoms with Gasteiger partial charge in [0.15, 0.2) is 17.3 Å². The molecule has 170 valence electrons. The summed E-state index contributed by atoms with van der Waals surface area (Å²) in [6, 6.07) is 13.2. The zero-order chi connectivity index (χ0) is 23.8. The molecule has 0 aliphatic carbocycles. The van der Waals surface area contributed by atoms with Crippen molar-refractivity contribution in [1.29, 1.82) is 0 Å². The van der Waals surface area contributed by atoms with E-state index in [4.69, 9.17) is 9.47 Å². The number of fused-ring (bicyclic) bond motifs is 2. The number of ketones is 1. The van der Waals surface area contributed by atoms with Gasteiger partial charge in [0.05, 0.1) is 10.9 Å². The Labute approximate surface area is 192 Å². The first-order valence-corrected chi connectivity index (χ1v) is 10.4. The van der Waals surface area contributed by atoms with E-state index < -0.39 is 22.9 Å². The molecule has 0 bridgehead atoms. The zero-order valence-corrected chi connectivity index (χ0v) is 18.0. The highest BCUT2D eigenvalue weighted by Gasteiger charge is 2.20. The Balaban J connectivity index is 1.51. The lowest BCUT2D eigenvalue weighted by Gasteiger charge is -2.13. The van der Waals surface area contributed by atoms with E-state index in [1.54, 1.807) is 37.3 Å². The minimum Gasteiger partial charge on any atom is -0.454 e. The summed E-state index contributed by atoms with van der Waals surface area (Å²) >= 11 is 0. The summed E-state index contributed by atoms with van der Waals surface area (Å²) < 4.78 is 25.4. The van der Waals surface area contributed by atoms with E-state index in [9.17, 15) is 18.8 Å². The molecule has 0 saturated carbocycles. The number of hydrogen-bond donors (Lipinski definition) is 1. The number of amides is 1. The number of ether oxygens (including phenoxy) is 2. The van der Waals surface area contributed by atoms with E-state index in [0.29, 0.717) is 22.9 Å². The van der Waals surface area contributed by atoms with Crippen molar-refractivity contribution >= 4 is 28.4 Å². The molecule has 8 nitrogen and oxygen atoms in total. The fourth-order valence-electron chi connectivity index (χ4n) is 3.73. The lowest BCUT2D eigenvalue weighted by molar-refractivity contribution is -0.116. The summed E-state index contributed by atoms with van der Waals surface area (Å²) in [5, 5.41) is 2.98. The second kappa shape index (κ2) is 8.43. The molecule has 0 radical (unpaired) electrons. The molecule has 3 heterocycles. The van der Waals surface area contributed by atoms with Gasteiger partial charge in [0.1, 0.15) is 18.0 Å². The van der Waals surface area contributed by atoms with Crippen molar-refractivity contribution in [3.05, 3.63) is 93.7 Å². The van der Waals surface area contributed by atoms with Crippen molar-refractivity contribution in [3.8, 4) is 11.5 Å². The number of carbonyl (C=O) groups is 2. The molecular formula is C25H18FN3O5. The van der Waals surface area contributed by atoms with E-state index in [1.165, 1.54) is 22.9 Å². The van der Waals surface area contributed by atoms with Crippen LogP contribution in [0.4, 0.5) is 10.1 Å². The predicted molar refractivity (Wildman–Crippen MR) is 122 cm³/mol. The van der Waals surface area contributed by atoms with Crippen molar-refractivity contribution in [2.24, 2.45) is 0 Å². The molecule has 1 aliphatic heterocycles. The first-order chi connectivity index (χ1) is 16.4. The maximum atomic E-state index is 13.3. The fraction of sp³-hybridized carbons (Fsp3) is 0.120. The molecule has 1 N–H and O–H groups in total. The number of hydrogen-bond acceptors (Lipinski definition) is 6. The van der Waals surface area contributed by atoms with Gasteiger partial charge in [-0.25, -0.2) is 9.37 Å². The van der Waals surface area contributed by atoms with Crippen LogP contribution in [0, 0.1) is 12.7 Å². The number of nitrogens with zero attached hydrogens (tertiary/aromatic N) is 2. The molecule has 2 aromatic heterocycles. The van der Waals surface area contributed by atoms with E-state index in [1.807, 2.05) is 0 Å². The van der Waals surface area contributed by atoms with E-state index in [0.717, 1.165) is 12.1 Å². The van der Waals surface area contributed by atoms with Crippen LogP contribution in [0.5, 0.6) is 11.5 Å². The summed E-state index contributed by atoms with van der Waals surface area (Å²) in [6.45, 7) is 1.68. The maximum Gasteiger partial charge on any atom is 0.244 e. The number of aryl methyl sites for hydroxylation is 1. The minimum absolute atomic E-state index is 0.117. The summed E-state index contributed by atoms with van der Waals surface area (Å²) in [7, 11) is 0. The highest BCUT2D eigenvalue weighted by Crippen LogP contribution is 2.34. The first kappa shape index (κ1) is 21.3. The van der Waals surface area contributed by atoms with Crippen LogP contribution in [-0.4, -0.2) is 28.0 Å². The smallest absolute Gasteiger partial charge is 0.244 e. The monoisotopic (exact) mass is 459 g/mol. The average Bonchev–Trinajstić information content (AvgIpc) is 3.29.